The number of benzene rings is 1. The first-order valence-corrected chi connectivity index (χ1v) is 4.37. The first-order chi connectivity index (χ1) is 7.61. The Bertz CT molecular complexity index is 531. The zero-order valence-electron chi connectivity index (χ0n) is 7.91. The van der Waals surface area contributed by atoms with Gasteiger partial charge >= 0.3 is 0 Å². The average Bonchev–Trinajstić information content (AvgIpc) is 2.66. The van der Waals surface area contributed by atoms with Crippen molar-refractivity contribution in [2.24, 2.45) is 0 Å². The number of H-pyrrole nitrogens is 1. The summed E-state index contributed by atoms with van der Waals surface area (Å²) >= 11 is 0. The van der Waals surface area contributed by atoms with Gasteiger partial charge in [-0.15, -0.1) is 0 Å². The molecule has 1 N–H and O–H groups in total. The lowest BCUT2D eigenvalue weighted by molar-refractivity contribution is -0.384. The van der Waals surface area contributed by atoms with E-state index in [1.807, 2.05) is 0 Å². The lowest BCUT2D eigenvalue weighted by Crippen LogP contribution is -1.94. The van der Waals surface area contributed by atoms with E-state index >= 15 is 0 Å². The number of nitrogens with zero attached hydrogens (tertiary/aromatic N) is 1. The van der Waals surface area contributed by atoms with Gasteiger partial charge in [-0.25, -0.2) is 8.78 Å². The highest BCUT2D eigenvalue weighted by molar-refractivity contribution is 5.70. The van der Waals surface area contributed by atoms with Crippen molar-refractivity contribution in [2.45, 2.75) is 0 Å². The molecule has 0 amide bonds. The predicted octanol–water partition coefficient (Wildman–Crippen LogP) is 2.87. The second kappa shape index (κ2) is 3.73. The van der Waals surface area contributed by atoms with E-state index in [-0.39, 0.29) is 11.4 Å². The van der Waals surface area contributed by atoms with Crippen LogP contribution >= 0.6 is 0 Å². The van der Waals surface area contributed by atoms with Gasteiger partial charge in [0.05, 0.1) is 10.5 Å². The zero-order valence-corrected chi connectivity index (χ0v) is 7.91. The fraction of sp³-hybridized carbons (Fsp3) is 0. The minimum Gasteiger partial charge on any atom is -0.355 e. The summed E-state index contributed by atoms with van der Waals surface area (Å²) in [4.78, 5) is 12.4. The number of aromatic nitrogens is 1. The molecule has 1 aromatic heterocycles. The van der Waals surface area contributed by atoms with E-state index in [9.17, 15) is 18.9 Å². The summed E-state index contributed by atoms with van der Waals surface area (Å²) < 4.78 is 26.7. The molecule has 6 heteroatoms. The number of rotatable bonds is 2. The molecule has 0 aliphatic heterocycles. The van der Waals surface area contributed by atoms with Gasteiger partial charge in [0, 0.05) is 12.3 Å². The van der Waals surface area contributed by atoms with Crippen LogP contribution in [0.2, 0.25) is 0 Å². The number of hydrogen-bond donors (Lipinski definition) is 1. The van der Waals surface area contributed by atoms with Crippen molar-refractivity contribution in [3.8, 4) is 11.3 Å². The molecule has 0 radical (unpaired) electrons. The minimum absolute atomic E-state index is 0.166. The first kappa shape index (κ1) is 10.3. The Balaban J connectivity index is 2.68. The van der Waals surface area contributed by atoms with Gasteiger partial charge in [0.15, 0.2) is 0 Å². The number of halogens is 2. The first-order valence-electron chi connectivity index (χ1n) is 4.37. The van der Waals surface area contributed by atoms with E-state index in [0.717, 1.165) is 18.2 Å². The summed E-state index contributed by atoms with van der Waals surface area (Å²) in [6.07, 6.45) is 1.26. The van der Waals surface area contributed by atoms with Gasteiger partial charge < -0.3 is 4.98 Å². The maximum absolute atomic E-state index is 13.4. The molecule has 0 bridgehead atoms. The number of aromatic amines is 1. The van der Waals surface area contributed by atoms with Gasteiger partial charge in [0.1, 0.15) is 17.3 Å². The molecule has 0 unspecified atom stereocenters. The third-order valence-electron chi connectivity index (χ3n) is 2.13. The Morgan fingerprint density at radius 2 is 1.81 bits per heavy atom. The van der Waals surface area contributed by atoms with E-state index < -0.39 is 22.1 Å². The molecular weight excluding hydrogens is 218 g/mol. The van der Waals surface area contributed by atoms with Gasteiger partial charge in [0.25, 0.3) is 5.69 Å². The second-order valence-corrected chi connectivity index (χ2v) is 3.09. The van der Waals surface area contributed by atoms with Crippen LogP contribution in [0, 0.1) is 21.7 Å². The highest BCUT2D eigenvalue weighted by Gasteiger charge is 2.22. The summed E-state index contributed by atoms with van der Waals surface area (Å²) in [6.45, 7) is 0. The van der Waals surface area contributed by atoms with Crippen LogP contribution < -0.4 is 0 Å². The third kappa shape index (κ3) is 1.54. The van der Waals surface area contributed by atoms with Crippen LogP contribution in [0.15, 0.2) is 30.5 Å². The van der Waals surface area contributed by atoms with Crippen LogP contribution in [-0.2, 0) is 0 Å². The van der Waals surface area contributed by atoms with Crippen molar-refractivity contribution in [2.75, 3.05) is 0 Å². The molecule has 0 spiro atoms. The highest BCUT2D eigenvalue weighted by atomic mass is 19.1. The quantitative estimate of drug-likeness (QED) is 0.629. The Morgan fingerprint density at radius 3 is 2.38 bits per heavy atom. The molecule has 16 heavy (non-hydrogen) atoms. The summed E-state index contributed by atoms with van der Waals surface area (Å²) in [5.74, 6) is -1.68. The maximum Gasteiger partial charge on any atom is 0.294 e. The molecule has 0 atom stereocenters. The number of nitrogens with one attached hydrogen (secondary N) is 1. The third-order valence-corrected chi connectivity index (χ3v) is 2.13. The number of hydrogen-bond acceptors (Lipinski definition) is 2. The molecule has 0 aliphatic carbocycles. The van der Waals surface area contributed by atoms with Gasteiger partial charge in [0.2, 0.25) is 0 Å². The highest BCUT2D eigenvalue weighted by Crippen LogP contribution is 2.31. The van der Waals surface area contributed by atoms with Crippen LogP contribution in [0.4, 0.5) is 14.5 Å². The Morgan fingerprint density at radius 1 is 1.19 bits per heavy atom. The van der Waals surface area contributed by atoms with E-state index in [0.29, 0.717) is 0 Å². The Kier molecular flexibility index (Phi) is 2.40. The van der Waals surface area contributed by atoms with E-state index in [1.165, 1.54) is 12.3 Å². The largest absolute Gasteiger partial charge is 0.355 e. The lowest BCUT2D eigenvalue weighted by atomic mass is 10.1. The maximum atomic E-state index is 13.4. The van der Waals surface area contributed by atoms with Crippen LogP contribution in [0.25, 0.3) is 11.3 Å². The monoisotopic (exact) mass is 224 g/mol. The molecule has 0 fully saturated rings. The molecule has 1 aromatic carbocycles. The number of nitro groups is 1. The van der Waals surface area contributed by atoms with Crippen molar-refractivity contribution >= 4 is 5.69 Å². The van der Waals surface area contributed by atoms with Crippen LogP contribution in [0.3, 0.4) is 0 Å². The fourth-order valence-corrected chi connectivity index (χ4v) is 1.45. The Hall–Kier alpha value is -2.24. The molecule has 82 valence electrons. The van der Waals surface area contributed by atoms with Crippen LogP contribution in [0.5, 0.6) is 0 Å². The van der Waals surface area contributed by atoms with Gasteiger partial charge in [-0.2, -0.15) is 0 Å². The molecule has 4 nitrogen and oxygen atoms in total. The van der Waals surface area contributed by atoms with E-state index in [4.69, 9.17) is 0 Å². The van der Waals surface area contributed by atoms with Crippen molar-refractivity contribution in [1.82, 2.24) is 4.98 Å². The second-order valence-electron chi connectivity index (χ2n) is 3.09. The van der Waals surface area contributed by atoms with Gasteiger partial charge in [-0.1, -0.05) is 6.07 Å². The van der Waals surface area contributed by atoms with Crippen LogP contribution in [0.1, 0.15) is 0 Å². The normalized spacial score (nSPS) is 10.4. The summed E-state index contributed by atoms with van der Waals surface area (Å²) in [6, 6.07) is 4.44. The smallest absolute Gasteiger partial charge is 0.294 e. The Labute approximate surface area is 88.7 Å². The van der Waals surface area contributed by atoms with E-state index in [1.54, 1.807) is 0 Å². The van der Waals surface area contributed by atoms with Crippen molar-refractivity contribution in [3.63, 3.8) is 0 Å². The lowest BCUT2D eigenvalue weighted by Gasteiger charge is -2.01. The predicted molar refractivity (Wildman–Crippen MR) is 52.8 cm³/mol. The standard InChI is InChI=1S/C10H6F2N2O2/c11-6-2-1-3-7(12)9(6)10-8(14(15)16)4-5-13-10/h1-5,13H. The topological polar surface area (TPSA) is 58.9 Å². The molecule has 0 saturated carbocycles. The minimum atomic E-state index is -0.842. The van der Waals surface area contributed by atoms with Crippen molar-refractivity contribution in [3.05, 3.63) is 52.2 Å². The summed E-state index contributed by atoms with van der Waals surface area (Å²) in [5, 5.41) is 10.6. The molecular formula is C10H6F2N2O2. The zero-order chi connectivity index (χ0) is 11.7. The van der Waals surface area contributed by atoms with Crippen molar-refractivity contribution < 1.29 is 13.7 Å². The van der Waals surface area contributed by atoms with Crippen molar-refractivity contribution in [1.29, 1.82) is 0 Å². The molecule has 0 aliphatic rings. The summed E-state index contributed by atoms with van der Waals surface area (Å²) in [7, 11) is 0. The SMILES string of the molecule is O=[N+]([O-])c1cc[nH]c1-c1c(F)cccc1F. The van der Waals surface area contributed by atoms with Gasteiger partial charge in [-0.05, 0) is 12.1 Å². The van der Waals surface area contributed by atoms with Crippen LogP contribution in [-0.4, -0.2) is 9.91 Å². The molecule has 2 rings (SSSR count). The average molecular weight is 224 g/mol. The molecule has 2 aromatic rings. The summed E-state index contributed by atoms with van der Waals surface area (Å²) in [5.41, 5.74) is -0.941. The fourth-order valence-electron chi connectivity index (χ4n) is 1.45. The van der Waals surface area contributed by atoms with Gasteiger partial charge in [-0.3, -0.25) is 10.1 Å². The van der Waals surface area contributed by atoms with E-state index in [2.05, 4.69) is 4.98 Å². The molecule has 1 heterocycles. The molecule has 0 saturated heterocycles.